The average Bonchev–Trinajstić information content (AvgIpc) is 2.56. The van der Waals surface area contributed by atoms with Gasteiger partial charge in [0.05, 0.1) is 27.3 Å². The summed E-state index contributed by atoms with van der Waals surface area (Å²) in [6.45, 7) is 0. The lowest BCUT2D eigenvalue weighted by atomic mass is 10.1. The Morgan fingerprint density at radius 2 is 1.52 bits per heavy atom. The number of nitrogens with one attached hydrogen (secondary N) is 2. The van der Waals surface area contributed by atoms with Crippen LogP contribution >= 0.6 is 0 Å². The molecule has 0 aliphatic heterocycles. The van der Waals surface area contributed by atoms with Crippen LogP contribution in [0.5, 0.6) is 17.2 Å². The highest BCUT2D eigenvalue weighted by molar-refractivity contribution is 5.99. The second-order valence-electron chi connectivity index (χ2n) is 4.01. The van der Waals surface area contributed by atoms with Gasteiger partial charge in [-0.05, 0) is 18.2 Å². The Hall–Kier alpha value is -3.23. The third-order valence-corrected chi connectivity index (χ3v) is 2.60. The molecular formula is C14H15N2O7-. The number of carboxylic acids is 1. The molecule has 0 saturated carbocycles. The van der Waals surface area contributed by atoms with Gasteiger partial charge in [0, 0.05) is 11.6 Å². The van der Waals surface area contributed by atoms with Crippen molar-refractivity contribution in [3.63, 3.8) is 0 Å². The van der Waals surface area contributed by atoms with Crippen LogP contribution in [0.3, 0.4) is 0 Å². The van der Waals surface area contributed by atoms with Crippen LogP contribution in [0.25, 0.3) is 0 Å². The summed E-state index contributed by atoms with van der Waals surface area (Å²) in [6, 6.07) is 2.78. The van der Waals surface area contributed by atoms with E-state index in [0.29, 0.717) is 17.9 Å². The Morgan fingerprint density at radius 3 is 1.96 bits per heavy atom. The monoisotopic (exact) mass is 323 g/mol. The van der Waals surface area contributed by atoms with Gasteiger partial charge in [-0.15, -0.1) is 0 Å². The van der Waals surface area contributed by atoms with Crippen LogP contribution < -0.4 is 30.2 Å². The van der Waals surface area contributed by atoms with Gasteiger partial charge in [-0.25, -0.2) is 0 Å². The summed E-state index contributed by atoms with van der Waals surface area (Å²) < 4.78 is 15.3. The largest absolute Gasteiger partial charge is 0.545 e. The molecule has 9 nitrogen and oxygen atoms in total. The smallest absolute Gasteiger partial charge is 0.269 e. The first-order chi connectivity index (χ1) is 10.9. The van der Waals surface area contributed by atoms with Crippen molar-refractivity contribution in [2.24, 2.45) is 0 Å². The number of benzene rings is 1. The highest BCUT2D eigenvalue weighted by atomic mass is 16.5. The van der Waals surface area contributed by atoms with E-state index in [1.807, 2.05) is 5.43 Å². The predicted molar refractivity (Wildman–Crippen MR) is 75.9 cm³/mol. The number of hydrazine groups is 1. The standard InChI is InChI=1S/C14H16N2O7/c1-21-9-6-8(7-10(22-2)13(9)23-3)14(20)16-15-11(17)4-5-12(18)19/h4-7H,1-3H3,(H,15,17)(H,16,20)(H,18,19)/p-1. The topological polar surface area (TPSA) is 126 Å². The first-order valence-electron chi connectivity index (χ1n) is 6.22. The number of amides is 2. The second-order valence-corrected chi connectivity index (χ2v) is 4.01. The molecule has 1 rings (SSSR count). The number of carboxylic acid groups (broad SMARTS) is 1. The van der Waals surface area contributed by atoms with Crippen molar-refractivity contribution in [1.29, 1.82) is 0 Å². The first-order valence-corrected chi connectivity index (χ1v) is 6.22. The van der Waals surface area contributed by atoms with E-state index >= 15 is 0 Å². The van der Waals surface area contributed by atoms with E-state index in [1.54, 1.807) is 0 Å². The van der Waals surface area contributed by atoms with Crippen molar-refractivity contribution in [2.75, 3.05) is 21.3 Å². The van der Waals surface area contributed by atoms with Crippen molar-refractivity contribution in [1.82, 2.24) is 10.9 Å². The number of rotatable bonds is 6. The maximum atomic E-state index is 12.0. The Balaban J connectivity index is 2.88. The number of ether oxygens (including phenoxy) is 3. The lowest BCUT2D eigenvalue weighted by Gasteiger charge is -2.14. The van der Waals surface area contributed by atoms with E-state index in [-0.39, 0.29) is 17.1 Å². The predicted octanol–water partition coefficient (Wildman–Crippen LogP) is -1.22. The van der Waals surface area contributed by atoms with Gasteiger partial charge < -0.3 is 24.1 Å². The summed E-state index contributed by atoms with van der Waals surface area (Å²) in [5.74, 6) is -2.20. The number of hydrogen-bond acceptors (Lipinski definition) is 7. The van der Waals surface area contributed by atoms with Gasteiger partial charge in [-0.3, -0.25) is 20.4 Å². The van der Waals surface area contributed by atoms with Crippen LogP contribution in [0, 0.1) is 0 Å². The number of methoxy groups -OCH3 is 3. The highest BCUT2D eigenvalue weighted by Crippen LogP contribution is 2.38. The molecule has 0 spiro atoms. The van der Waals surface area contributed by atoms with Crippen LogP contribution in [0.4, 0.5) is 0 Å². The fourth-order valence-corrected chi connectivity index (χ4v) is 1.59. The van der Waals surface area contributed by atoms with Gasteiger partial charge in [-0.2, -0.15) is 0 Å². The normalized spacial score (nSPS) is 10.0. The van der Waals surface area contributed by atoms with E-state index in [4.69, 9.17) is 14.2 Å². The molecule has 0 unspecified atom stereocenters. The van der Waals surface area contributed by atoms with Crippen LogP contribution in [-0.4, -0.2) is 39.1 Å². The number of hydrogen-bond donors (Lipinski definition) is 2. The summed E-state index contributed by atoms with van der Waals surface area (Å²) >= 11 is 0. The number of aliphatic carboxylic acids is 1. The molecule has 0 fully saturated rings. The third-order valence-electron chi connectivity index (χ3n) is 2.60. The fraction of sp³-hybridized carbons (Fsp3) is 0.214. The minimum atomic E-state index is -1.53. The van der Waals surface area contributed by atoms with Gasteiger partial charge >= 0.3 is 0 Å². The number of carbonyl (C=O) groups excluding carboxylic acids is 3. The number of carbonyl (C=O) groups is 3. The van der Waals surface area contributed by atoms with Crippen LogP contribution in [0.1, 0.15) is 10.4 Å². The van der Waals surface area contributed by atoms with Crippen LogP contribution in [0.2, 0.25) is 0 Å². The zero-order valence-corrected chi connectivity index (χ0v) is 12.7. The maximum absolute atomic E-state index is 12.0. The summed E-state index contributed by atoms with van der Waals surface area (Å²) in [4.78, 5) is 33.4. The van der Waals surface area contributed by atoms with Crippen molar-refractivity contribution in [2.45, 2.75) is 0 Å². The molecule has 23 heavy (non-hydrogen) atoms. The summed E-state index contributed by atoms with van der Waals surface area (Å²) in [5, 5.41) is 10.2. The van der Waals surface area contributed by atoms with E-state index in [0.717, 1.165) is 0 Å². The molecule has 1 aromatic rings. The minimum absolute atomic E-state index is 0.128. The Bertz CT molecular complexity index is 615. The van der Waals surface area contributed by atoms with Crippen molar-refractivity contribution in [3.05, 3.63) is 29.8 Å². The summed E-state index contributed by atoms with van der Waals surface area (Å²) in [5.41, 5.74) is 4.25. The minimum Gasteiger partial charge on any atom is -0.545 e. The zero-order chi connectivity index (χ0) is 17.4. The Morgan fingerprint density at radius 1 is 0.957 bits per heavy atom. The first kappa shape index (κ1) is 17.8. The van der Waals surface area contributed by atoms with Crippen molar-refractivity contribution < 1.29 is 33.7 Å². The van der Waals surface area contributed by atoms with Gasteiger partial charge in [0.2, 0.25) is 5.75 Å². The third kappa shape index (κ3) is 4.92. The second kappa shape index (κ2) is 8.27. The van der Waals surface area contributed by atoms with Gasteiger partial charge in [0.1, 0.15) is 0 Å². The van der Waals surface area contributed by atoms with Gasteiger partial charge in [0.15, 0.2) is 11.5 Å². The molecule has 0 radical (unpaired) electrons. The molecule has 2 amide bonds. The fourth-order valence-electron chi connectivity index (χ4n) is 1.59. The quantitative estimate of drug-likeness (QED) is 0.496. The zero-order valence-electron chi connectivity index (χ0n) is 12.7. The molecule has 0 atom stereocenters. The highest BCUT2D eigenvalue weighted by Gasteiger charge is 2.17. The maximum Gasteiger partial charge on any atom is 0.269 e. The van der Waals surface area contributed by atoms with Crippen LogP contribution in [0.15, 0.2) is 24.3 Å². The molecule has 0 bridgehead atoms. The van der Waals surface area contributed by atoms with E-state index in [1.165, 1.54) is 33.5 Å². The average molecular weight is 323 g/mol. The summed E-state index contributed by atoms with van der Waals surface area (Å²) in [6.07, 6.45) is 1.23. The Labute approximate surface area is 131 Å². The Kier molecular flexibility index (Phi) is 6.41. The molecule has 124 valence electrons. The molecule has 2 N–H and O–H groups in total. The molecule has 0 aliphatic carbocycles. The van der Waals surface area contributed by atoms with Gasteiger partial charge in [-0.1, -0.05) is 0 Å². The molecule has 1 aromatic carbocycles. The van der Waals surface area contributed by atoms with E-state index < -0.39 is 17.8 Å². The SMILES string of the molecule is COc1cc(C(=O)NNC(=O)C=CC(=O)[O-])cc(OC)c1OC. The van der Waals surface area contributed by atoms with Gasteiger partial charge in [0.25, 0.3) is 11.8 Å². The van der Waals surface area contributed by atoms with E-state index in [2.05, 4.69) is 5.43 Å². The molecule has 0 aliphatic rings. The molecule has 9 heteroatoms. The van der Waals surface area contributed by atoms with Crippen molar-refractivity contribution >= 4 is 17.8 Å². The van der Waals surface area contributed by atoms with Crippen molar-refractivity contribution in [3.8, 4) is 17.2 Å². The molecule has 0 aromatic heterocycles. The summed E-state index contributed by atoms with van der Waals surface area (Å²) in [7, 11) is 4.21. The lowest BCUT2D eigenvalue weighted by Crippen LogP contribution is -2.41. The molecule has 0 saturated heterocycles. The molecule has 0 heterocycles. The van der Waals surface area contributed by atoms with E-state index in [9.17, 15) is 19.5 Å². The lowest BCUT2D eigenvalue weighted by molar-refractivity contribution is -0.297. The molecular weight excluding hydrogens is 308 g/mol. The van der Waals surface area contributed by atoms with Crippen LogP contribution in [-0.2, 0) is 9.59 Å².